The van der Waals surface area contributed by atoms with E-state index in [0.29, 0.717) is 0 Å². The molecular weight excluding hydrogens is 148 g/mol. The Morgan fingerprint density at radius 2 is 2.30 bits per heavy atom. The van der Waals surface area contributed by atoms with Crippen LogP contribution in [-0.2, 0) is 4.79 Å². The monoisotopic (exact) mass is 158 g/mol. The second-order valence-corrected chi connectivity index (χ2v) is 2.23. The first-order valence-corrected chi connectivity index (χ1v) is 3.92. The number of hydrogen-bond donors (Lipinski definition) is 0. The van der Waals surface area contributed by atoms with Gasteiger partial charge in [-0.15, -0.1) is 11.6 Å². The summed E-state index contributed by atoms with van der Waals surface area (Å²) in [5.74, 6) is 5.03. The molecule has 2 heteroatoms. The predicted molar refractivity (Wildman–Crippen MR) is 43.0 cm³/mol. The molecule has 0 aromatic carbocycles. The molecule has 0 radical (unpaired) electrons. The number of unbranched alkanes of at least 4 members (excludes halogenated alkanes) is 2. The lowest BCUT2D eigenvalue weighted by Crippen LogP contribution is -1.92. The van der Waals surface area contributed by atoms with Crippen molar-refractivity contribution in [3.63, 3.8) is 0 Å². The molecule has 0 atom stereocenters. The van der Waals surface area contributed by atoms with Crippen LogP contribution in [0.5, 0.6) is 0 Å². The Morgan fingerprint density at radius 1 is 1.60 bits per heavy atom. The topological polar surface area (TPSA) is 17.1 Å². The lowest BCUT2D eigenvalue weighted by molar-refractivity contribution is -0.111. The van der Waals surface area contributed by atoms with Crippen LogP contribution in [0.25, 0.3) is 0 Å². The summed E-state index contributed by atoms with van der Waals surface area (Å²) in [6.07, 6.45) is 2.98. The van der Waals surface area contributed by atoms with E-state index in [-0.39, 0.29) is 11.7 Å². The zero-order chi connectivity index (χ0) is 7.82. The molecule has 0 spiro atoms. The van der Waals surface area contributed by atoms with Crippen LogP contribution in [0.2, 0.25) is 0 Å². The van der Waals surface area contributed by atoms with Crippen molar-refractivity contribution in [3.05, 3.63) is 0 Å². The third-order valence-electron chi connectivity index (χ3n) is 1.00. The van der Waals surface area contributed by atoms with Crippen molar-refractivity contribution in [1.29, 1.82) is 0 Å². The summed E-state index contributed by atoms with van der Waals surface area (Å²) in [7, 11) is 0. The molecule has 0 aromatic rings. The van der Waals surface area contributed by atoms with Gasteiger partial charge in [-0.05, 0) is 12.3 Å². The number of Topliss-reactive ketones (excluding diaryl/α,β-unsaturated/α-hetero) is 1. The zero-order valence-corrected chi connectivity index (χ0v) is 6.87. The van der Waals surface area contributed by atoms with Crippen molar-refractivity contribution < 1.29 is 4.79 Å². The SMILES string of the molecule is CCCCC#CC(=O)CCl. The van der Waals surface area contributed by atoms with Crippen LogP contribution >= 0.6 is 11.6 Å². The van der Waals surface area contributed by atoms with Crippen molar-refractivity contribution in [2.24, 2.45) is 0 Å². The van der Waals surface area contributed by atoms with E-state index in [2.05, 4.69) is 18.8 Å². The van der Waals surface area contributed by atoms with Gasteiger partial charge in [-0.2, -0.15) is 0 Å². The van der Waals surface area contributed by atoms with Gasteiger partial charge >= 0.3 is 0 Å². The first kappa shape index (κ1) is 9.52. The molecule has 0 aliphatic heterocycles. The summed E-state index contributed by atoms with van der Waals surface area (Å²) in [6, 6.07) is 0. The normalized spacial score (nSPS) is 8.20. The van der Waals surface area contributed by atoms with Crippen LogP contribution in [0.4, 0.5) is 0 Å². The molecule has 0 aliphatic rings. The van der Waals surface area contributed by atoms with Gasteiger partial charge in [0.15, 0.2) is 0 Å². The van der Waals surface area contributed by atoms with Crippen LogP contribution in [0, 0.1) is 11.8 Å². The second-order valence-electron chi connectivity index (χ2n) is 1.96. The van der Waals surface area contributed by atoms with E-state index < -0.39 is 0 Å². The Labute approximate surface area is 66.8 Å². The maximum atomic E-state index is 10.5. The van der Waals surface area contributed by atoms with Gasteiger partial charge in [0.1, 0.15) is 0 Å². The Bertz CT molecular complexity index is 152. The van der Waals surface area contributed by atoms with Gasteiger partial charge in [0, 0.05) is 6.42 Å². The van der Waals surface area contributed by atoms with E-state index in [9.17, 15) is 4.79 Å². The highest BCUT2D eigenvalue weighted by Crippen LogP contribution is 1.90. The number of rotatable bonds is 3. The van der Waals surface area contributed by atoms with E-state index in [1.54, 1.807) is 0 Å². The van der Waals surface area contributed by atoms with Crippen molar-refractivity contribution in [2.45, 2.75) is 26.2 Å². The van der Waals surface area contributed by atoms with Crippen molar-refractivity contribution >= 4 is 17.4 Å². The number of carbonyl (C=O) groups excluding carboxylic acids is 1. The molecule has 10 heavy (non-hydrogen) atoms. The minimum Gasteiger partial charge on any atom is -0.284 e. The summed E-state index contributed by atoms with van der Waals surface area (Å²) >= 11 is 5.21. The van der Waals surface area contributed by atoms with Crippen LogP contribution in [-0.4, -0.2) is 11.7 Å². The molecule has 0 N–H and O–H groups in total. The van der Waals surface area contributed by atoms with Crippen molar-refractivity contribution in [3.8, 4) is 11.8 Å². The third kappa shape index (κ3) is 5.65. The number of ketones is 1. The number of halogens is 1. The molecule has 0 fully saturated rings. The summed E-state index contributed by atoms with van der Waals surface area (Å²) in [4.78, 5) is 10.5. The Morgan fingerprint density at radius 3 is 2.80 bits per heavy atom. The summed E-state index contributed by atoms with van der Waals surface area (Å²) in [5.41, 5.74) is 0. The van der Waals surface area contributed by atoms with Crippen molar-refractivity contribution in [2.75, 3.05) is 5.88 Å². The first-order valence-electron chi connectivity index (χ1n) is 3.39. The van der Waals surface area contributed by atoms with Crippen LogP contribution < -0.4 is 0 Å². The van der Waals surface area contributed by atoms with Crippen LogP contribution in [0.15, 0.2) is 0 Å². The largest absolute Gasteiger partial charge is 0.284 e. The van der Waals surface area contributed by atoms with Gasteiger partial charge in [-0.25, -0.2) is 0 Å². The number of carbonyl (C=O) groups is 1. The molecule has 0 aromatic heterocycles. The maximum Gasteiger partial charge on any atom is 0.220 e. The Hall–Kier alpha value is -0.480. The molecule has 0 heterocycles. The van der Waals surface area contributed by atoms with Crippen molar-refractivity contribution in [1.82, 2.24) is 0 Å². The Kier molecular flexibility index (Phi) is 6.32. The quantitative estimate of drug-likeness (QED) is 0.266. The molecule has 0 rings (SSSR count). The third-order valence-corrected chi connectivity index (χ3v) is 1.25. The number of hydrogen-bond acceptors (Lipinski definition) is 1. The second kappa shape index (κ2) is 6.64. The van der Waals surface area contributed by atoms with E-state index in [1.807, 2.05) is 0 Å². The van der Waals surface area contributed by atoms with Gasteiger partial charge in [-0.3, -0.25) is 4.79 Å². The predicted octanol–water partition coefficient (Wildman–Crippen LogP) is 1.99. The molecule has 0 unspecified atom stereocenters. The summed E-state index contributed by atoms with van der Waals surface area (Å²) in [6.45, 7) is 2.09. The van der Waals surface area contributed by atoms with Gasteiger partial charge in [0.2, 0.25) is 5.78 Å². The molecule has 0 saturated heterocycles. The van der Waals surface area contributed by atoms with Crippen LogP contribution in [0.3, 0.4) is 0 Å². The molecule has 0 aliphatic carbocycles. The fraction of sp³-hybridized carbons (Fsp3) is 0.625. The maximum absolute atomic E-state index is 10.5. The fourth-order valence-corrected chi connectivity index (χ4v) is 0.526. The van der Waals surface area contributed by atoms with Gasteiger partial charge in [0.05, 0.1) is 5.88 Å². The minimum atomic E-state index is -0.183. The zero-order valence-electron chi connectivity index (χ0n) is 6.11. The molecule has 0 amide bonds. The van der Waals surface area contributed by atoms with Gasteiger partial charge in [-0.1, -0.05) is 19.3 Å². The van der Waals surface area contributed by atoms with Gasteiger partial charge < -0.3 is 0 Å². The minimum absolute atomic E-state index is 0.0130. The van der Waals surface area contributed by atoms with E-state index >= 15 is 0 Å². The molecular formula is C8H11ClO. The van der Waals surface area contributed by atoms with Crippen LogP contribution in [0.1, 0.15) is 26.2 Å². The average molecular weight is 159 g/mol. The summed E-state index contributed by atoms with van der Waals surface area (Å²) < 4.78 is 0. The Balaban J connectivity index is 3.39. The van der Waals surface area contributed by atoms with E-state index in [0.717, 1.165) is 19.3 Å². The lowest BCUT2D eigenvalue weighted by atomic mass is 10.2. The van der Waals surface area contributed by atoms with E-state index in [4.69, 9.17) is 11.6 Å². The van der Waals surface area contributed by atoms with E-state index in [1.165, 1.54) is 0 Å². The molecule has 0 bridgehead atoms. The first-order chi connectivity index (χ1) is 4.81. The average Bonchev–Trinajstić information content (AvgIpc) is 1.98. The molecule has 0 saturated carbocycles. The standard InChI is InChI=1S/C8H11ClO/c1-2-3-4-5-6-8(10)7-9/h2-4,7H2,1H3. The highest BCUT2D eigenvalue weighted by atomic mass is 35.5. The molecule has 1 nitrogen and oxygen atoms in total. The molecule has 56 valence electrons. The summed E-state index contributed by atoms with van der Waals surface area (Å²) in [5, 5.41) is 0. The highest BCUT2D eigenvalue weighted by molar-refractivity contribution is 6.30. The lowest BCUT2D eigenvalue weighted by Gasteiger charge is -1.82. The smallest absolute Gasteiger partial charge is 0.220 e. The highest BCUT2D eigenvalue weighted by Gasteiger charge is 1.88. The fourth-order valence-electron chi connectivity index (χ4n) is 0.460. The van der Waals surface area contributed by atoms with Gasteiger partial charge in [0.25, 0.3) is 0 Å². The number of alkyl halides is 1.